The lowest BCUT2D eigenvalue weighted by atomic mass is 10.2. The van der Waals surface area contributed by atoms with Crippen LogP contribution in [0.4, 0.5) is 0 Å². The van der Waals surface area contributed by atoms with Gasteiger partial charge in [-0.25, -0.2) is 4.68 Å². The number of rotatable bonds is 3. The molecule has 0 saturated heterocycles. The fourth-order valence-corrected chi connectivity index (χ4v) is 0.980. The second-order valence-corrected chi connectivity index (χ2v) is 2.79. The molecule has 0 aliphatic rings. The maximum absolute atomic E-state index is 5.56. The zero-order valence-corrected chi connectivity index (χ0v) is 7.38. The van der Waals surface area contributed by atoms with Crippen LogP contribution < -0.4 is 5.84 Å². The Balaban J connectivity index is 2.63. The van der Waals surface area contributed by atoms with E-state index in [1.54, 1.807) is 0 Å². The molecule has 0 saturated carbocycles. The summed E-state index contributed by atoms with van der Waals surface area (Å²) in [5.74, 6) is 6.36. The Hall–Kier alpha value is -0.710. The molecule has 0 aliphatic heterocycles. The maximum Gasteiger partial charge on any atom is 0.206 e. The van der Waals surface area contributed by atoms with Crippen LogP contribution in [-0.2, 0) is 6.42 Å². The first-order valence-electron chi connectivity index (χ1n) is 3.64. The Bertz CT molecular complexity index is 232. The first-order chi connectivity index (χ1) is 5.25. The molecular formula is C6H12N4S. The Kier molecular flexibility index (Phi) is 2.76. The smallest absolute Gasteiger partial charge is 0.206 e. The summed E-state index contributed by atoms with van der Waals surface area (Å²) in [6.07, 6.45) is 3.10. The van der Waals surface area contributed by atoms with Crippen LogP contribution in [0.25, 0.3) is 0 Å². The molecule has 0 radical (unpaired) electrons. The topological polar surface area (TPSA) is 56.7 Å². The first kappa shape index (κ1) is 8.39. The number of nitrogen functional groups attached to an aromatic ring is 1. The van der Waals surface area contributed by atoms with Gasteiger partial charge in [-0.1, -0.05) is 13.3 Å². The fraction of sp³-hybridized carbons (Fsp3) is 0.667. The maximum atomic E-state index is 5.56. The van der Waals surface area contributed by atoms with Crippen molar-refractivity contribution in [2.75, 3.05) is 5.84 Å². The molecule has 0 amide bonds. The van der Waals surface area contributed by atoms with E-state index in [-0.39, 0.29) is 0 Å². The third-order valence-electron chi connectivity index (χ3n) is 1.50. The molecule has 0 spiro atoms. The molecule has 0 aromatic carbocycles. The highest BCUT2D eigenvalue weighted by atomic mass is 32.1. The van der Waals surface area contributed by atoms with Crippen molar-refractivity contribution in [1.82, 2.24) is 14.9 Å². The predicted molar refractivity (Wildman–Crippen MR) is 46.0 cm³/mol. The number of unbranched alkanes of at least 4 members (excludes halogenated alkanes) is 1. The van der Waals surface area contributed by atoms with Gasteiger partial charge in [-0.2, -0.15) is 0 Å². The van der Waals surface area contributed by atoms with Crippen molar-refractivity contribution in [3.8, 4) is 0 Å². The molecule has 4 nitrogen and oxygen atoms in total. The zero-order valence-electron chi connectivity index (χ0n) is 6.49. The average molecular weight is 172 g/mol. The number of hydrogen-bond acceptors (Lipinski definition) is 4. The molecule has 1 heterocycles. The highest BCUT2D eigenvalue weighted by Crippen LogP contribution is 2.04. The number of thiol groups is 1. The SMILES string of the molecule is CCCCc1nnc(S)n1N. The molecule has 0 atom stereocenters. The van der Waals surface area contributed by atoms with Gasteiger partial charge in [-0.05, 0) is 6.42 Å². The molecule has 0 unspecified atom stereocenters. The molecular weight excluding hydrogens is 160 g/mol. The van der Waals surface area contributed by atoms with Gasteiger partial charge in [-0.15, -0.1) is 22.8 Å². The van der Waals surface area contributed by atoms with Crippen molar-refractivity contribution in [3.05, 3.63) is 5.82 Å². The minimum atomic E-state index is 0.469. The Morgan fingerprint density at radius 1 is 1.55 bits per heavy atom. The minimum Gasteiger partial charge on any atom is -0.336 e. The van der Waals surface area contributed by atoms with Gasteiger partial charge in [0.15, 0.2) is 5.82 Å². The largest absolute Gasteiger partial charge is 0.336 e. The second kappa shape index (κ2) is 3.61. The van der Waals surface area contributed by atoms with Gasteiger partial charge in [0.2, 0.25) is 5.16 Å². The molecule has 1 rings (SSSR count). The predicted octanol–water partition coefficient (Wildman–Crippen LogP) is 0.623. The van der Waals surface area contributed by atoms with Crippen LogP contribution in [0, 0.1) is 0 Å². The van der Waals surface area contributed by atoms with Crippen LogP contribution >= 0.6 is 12.6 Å². The van der Waals surface area contributed by atoms with Gasteiger partial charge in [0.25, 0.3) is 0 Å². The number of hydrogen-bond donors (Lipinski definition) is 2. The highest BCUT2D eigenvalue weighted by molar-refractivity contribution is 7.80. The lowest BCUT2D eigenvalue weighted by Crippen LogP contribution is -2.13. The molecule has 1 aromatic heterocycles. The number of aromatic nitrogens is 3. The van der Waals surface area contributed by atoms with Crippen LogP contribution in [-0.4, -0.2) is 14.9 Å². The Morgan fingerprint density at radius 2 is 2.27 bits per heavy atom. The van der Waals surface area contributed by atoms with Crippen molar-refractivity contribution >= 4 is 12.6 Å². The molecule has 1 aromatic rings. The van der Waals surface area contributed by atoms with Crippen LogP contribution in [0.1, 0.15) is 25.6 Å². The third kappa shape index (κ3) is 1.86. The van der Waals surface area contributed by atoms with Gasteiger partial charge in [0.1, 0.15) is 0 Å². The molecule has 62 valence electrons. The lowest BCUT2D eigenvalue weighted by Gasteiger charge is -1.98. The van der Waals surface area contributed by atoms with Gasteiger partial charge in [-0.3, -0.25) is 0 Å². The summed E-state index contributed by atoms with van der Waals surface area (Å²) in [7, 11) is 0. The summed E-state index contributed by atoms with van der Waals surface area (Å²) in [5, 5.41) is 8.05. The van der Waals surface area contributed by atoms with E-state index in [2.05, 4.69) is 29.7 Å². The quantitative estimate of drug-likeness (QED) is 0.519. The zero-order chi connectivity index (χ0) is 8.27. The standard InChI is InChI=1S/C6H12N4S/c1-2-3-4-5-8-9-6(11)10(5)7/h2-4,7H2,1H3,(H,9,11). The van der Waals surface area contributed by atoms with E-state index >= 15 is 0 Å². The van der Waals surface area contributed by atoms with Crippen LogP contribution in [0.2, 0.25) is 0 Å². The molecule has 11 heavy (non-hydrogen) atoms. The Morgan fingerprint density at radius 3 is 2.73 bits per heavy atom. The average Bonchev–Trinajstić information content (AvgIpc) is 2.31. The van der Waals surface area contributed by atoms with Gasteiger partial charge >= 0.3 is 0 Å². The Labute approximate surface area is 71.2 Å². The molecule has 0 fully saturated rings. The van der Waals surface area contributed by atoms with Gasteiger partial charge in [0.05, 0.1) is 0 Å². The van der Waals surface area contributed by atoms with Crippen molar-refractivity contribution in [2.24, 2.45) is 0 Å². The van der Waals surface area contributed by atoms with E-state index in [9.17, 15) is 0 Å². The number of aryl methyl sites for hydroxylation is 1. The number of nitrogens with zero attached hydrogens (tertiary/aromatic N) is 3. The van der Waals surface area contributed by atoms with Crippen LogP contribution in [0.5, 0.6) is 0 Å². The molecule has 2 N–H and O–H groups in total. The summed E-state index contributed by atoms with van der Waals surface area (Å²) >= 11 is 4.01. The van der Waals surface area contributed by atoms with Crippen molar-refractivity contribution < 1.29 is 0 Å². The highest BCUT2D eigenvalue weighted by Gasteiger charge is 2.04. The van der Waals surface area contributed by atoms with Crippen LogP contribution in [0.3, 0.4) is 0 Å². The second-order valence-electron chi connectivity index (χ2n) is 2.39. The van der Waals surface area contributed by atoms with Gasteiger partial charge < -0.3 is 5.84 Å². The van der Waals surface area contributed by atoms with Gasteiger partial charge in [0, 0.05) is 6.42 Å². The van der Waals surface area contributed by atoms with Crippen LogP contribution in [0.15, 0.2) is 5.16 Å². The summed E-state index contributed by atoms with van der Waals surface area (Å²) in [6, 6.07) is 0. The molecule has 0 bridgehead atoms. The molecule has 0 aliphatic carbocycles. The van der Waals surface area contributed by atoms with E-state index < -0.39 is 0 Å². The summed E-state index contributed by atoms with van der Waals surface area (Å²) in [6.45, 7) is 2.12. The van der Waals surface area contributed by atoms with Crippen molar-refractivity contribution in [1.29, 1.82) is 0 Å². The fourth-order valence-electron chi connectivity index (χ4n) is 0.820. The van der Waals surface area contributed by atoms with Crippen molar-refractivity contribution in [2.45, 2.75) is 31.3 Å². The van der Waals surface area contributed by atoms with E-state index in [0.29, 0.717) is 5.16 Å². The van der Waals surface area contributed by atoms with E-state index in [4.69, 9.17) is 5.84 Å². The number of nitrogens with two attached hydrogens (primary N) is 1. The van der Waals surface area contributed by atoms with E-state index in [1.165, 1.54) is 4.68 Å². The first-order valence-corrected chi connectivity index (χ1v) is 4.08. The third-order valence-corrected chi connectivity index (χ3v) is 1.81. The van der Waals surface area contributed by atoms with E-state index in [0.717, 1.165) is 25.1 Å². The normalized spacial score (nSPS) is 10.4. The lowest BCUT2D eigenvalue weighted by molar-refractivity contribution is 0.713. The van der Waals surface area contributed by atoms with Crippen molar-refractivity contribution in [3.63, 3.8) is 0 Å². The summed E-state index contributed by atoms with van der Waals surface area (Å²) in [4.78, 5) is 0. The van der Waals surface area contributed by atoms with E-state index in [1.807, 2.05) is 0 Å². The molecule has 5 heteroatoms. The summed E-state index contributed by atoms with van der Waals surface area (Å²) < 4.78 is 1.42. The summed E-state index contributed by atoms with van der Waals surface area (Å²) in [5.41, 5.74) is 0. The minimum absolute atomic E-state index is 0.469. The monoisotopic (exact) mass is 172 g/mol.